The van der Waals surface area contributed by atoms with Crippen molar-refractivity contribution in [2.75, 3.05) is 21.3 Å². The van der Waals surface area contributed by atoms with Crippen LogP contribution in [0.4, 0.5) is 0 Å². The molecule has 0 saturated heterocycles. The highest BCUT2D eigenvalue weighted by Crippen LogP contribution is 1.76. The Hall–Kier alpha value is -4.21. The fraction of sp³-hybridized carbons (Fsp3) is 0.389. The van der Waals surface area contributed by atoms with Gasteiger partial charge in [0.25, 0.3) is 0 Å². The van der Waals surface area contributed by atoms with Gasteiger partial charge in [0, 0.05) is 26.4 Å². The van der Waals surface area contributed by atoms with Gasteiger partial charge in [-0.2, -0.15) is 5.26 Å². The molecule has 0 amide bonds. The molecule has 0 aliphatic carbocycles. The molecule has 13 nitrogen and oxygen atoms in total. The molecule has 2 aromatic rings. The molecule has 0 bridgehead atoms. The number of carboxylic acid groups (broad SMARTS) is 1. The number of carbonyl (C=O) groups is 4. The maximum Gasteiger partial charge on any atom is 0.417 e. The van der Waals surface area contributed by atoms with Crippen molar-refractivity contribution >= 4 is 23.9 Å². The van der Waals surface area contributed by atoms with Crippen LogP contribution in [0.2, 0.25) is 0 Å². The van der Waals surface area contributed by atoms with Crippen molar-refractivity contribution < 1.29 is 43.1 Å². The Bertz CT molecular complexity index is 779. The molecule has 0 spiro atoms. The molecule has 2 rings (SSSR count). The van der Waals surface area contributed by atoms with Crippen molar-refractivity contribution in [3.63, 3.8) is 0 Å². The predicted octanol–water partition coefficient (Wildman–Crippen LogP) is -1.96. The van der Waals surface area contributed by atoms with E-state index in [1.807, 2.05) is 59.8 Å². The molecule has 0 atom stereocenters. The van der Waals surface area contributed by atoms with E-state index in [-0.39, 0.29) is 0 Å². The van der Waals surface area contributed by atoms with E-state index in [2.05, 4.69) is 19.2 Å². The summed E-state index contributed by atoms with van der Waals surface area (Å²) >= 11 is 0. The van der Waals surface area contributed by atoms with Gasteiger partial charge >= 0.3 is 17.9 Å². The monoisotopic (exact) mass is 441 g/mol. The average molecular weight is 441 g/mol. The zero-order valence-corrected chi connectivity index (χ0v) is 18.5. The second-order valence-corrected chi connectivity index (χ2v) is 4.96. The number of ether oxygens (including phenoxy) is 3. The molecular formula is C18H27N5O8. The number of rotatable bonds is 0. The lowest BCUT2D eigenvalue weighted by Gasteiger charge is -1.94. The largest absolute Gasteiger partial charge is 0.539 e. The van der Waals surface area contributed by atoms with Gasteiger partial charge in [0.05, 0.1) is 47.8 Å². The van der Waals surface area contributed by atoms with Crippen molar-refractivity contribution in [3.05, 3.63) is 37.4 Å². The number of methoxy groups -OCH3 is 3. The highest BCUT2D eigenvalue weighted by molar-refractivity contribution is 6.29. The lowest BCUT2D eigenvalue weighted by atomic mass is 10.7. The molecule has 0 unspecified atom stereocenters. The molecule has 0 radical (unpaired) electrons. The van der Waals surface area contributed by atoms with Crippen molar-refractivity contribution in [2.24, 2.45) is 21.1 Å². The van der Waals surface area contributed by atoms with Crippen molar-refractivity contribution in [1.82, 2.24) is 14.1 Å². The minimum Gasteiger partial charge on any atom is -0.539 e. The van der Waals surface area contributed by atoms with Gasteiger partial charge in [0.1, 0.15) is 12.4 Å². The van der Waals surface area contributed by atoms with Gasteiger partial charge < -0.3 is 28.7 Å². The summed E-state index contributed by atoms with van der Waals surface area (Å²) in [5.41, 5.74) is 0. The lowest BCUT2D eigenvalue weighted by Crippen LogP contribution is -2.32. The van der Waals surface area contributed by atoms with E-state index in [1.54, 1.807) is 18.6 Å². The Morgan fingerprint density at radius 3 is 1.52 bits per heavy atom. The third kappa shape index (κ3) is 21.9. The Kier molecular flexibility index (Phi) is 20.8. The number of carbonyl (C=O) groups excluding carboxylic acids is 4. The maximum absolute atomic E-state index is 10.0. The lowest BCUT2D eigenvalue weighted by molar-refractivity contribution is -0.670. The Morgan fingerprint density at radius 1 is 0.968 bits per heavy atom. The van der Waals surface area contributed by atoms with Gasteiger partial charge in [0.15, 0.2) is 5.97 Å². The number of aliphatic carboxylic acids is 1. The molecule has 0 aromatic carbocycles. The second-order valence-electron chi connectivity index (χ2n) is 4.96. The Labute approximate surface area is 180 Å². The minimum absolute atomic E-state index is 0.970. The second kappa shape index (κ2) is 20.5. The summed E-state index contributed by atoms with van der Waals surface area (Å²) in [5, 5.41) is 16.7. The molecule has 31 heavy (non-hydrogen) atoms. The van der Waals surface area contributed by atoms with Crippen molar-refractivity contribution in [2.45, 2.75) is 6.92 Å². The van der Waals surface area contributed by atoms with Crippen LogP contribution in [0.3, 0.4) is 0 Å². The van der Waals surface area contributed by atoms with Gasteiger partial charge in [-0.25, -0.2) is 28.5 Å². The quantitative estimate of drug-likeness (QED) is 0.194. The van der Waals surface area contributed by atoms with E-state index < -0.39 is 23.9 Å². The Balaban J connectivity index is -0.000000324. The topological polar surface area (TPSA) is 169 Å². The molecule has 0 saturated carbocycles. The smallest absolute Gasteiger partial charge is 0.417 e. The van der Waals surface area contributed by atoms with E-state index in [4.69, 9.17) is 5.26 Å². The minimum atomic E-state index is -1.82. The fourth-order valence-electron chi connectivity index (χ4n) is 1.15. The molecule has 0 aliphatic rings. The van der Waals surface area contributed by atoms with Crippen molar-refractivity contribution in [1.29, 1.82) is 5.26 Å². The summed E-state index contributed by atoms with van der Waals surface area (Å²) in [6.07, 6.45) is 11.4. The van der Waals surface area contributed by atoms with Crippen LogP contribution in [0.25, 0.3) is 0 Å². The van der Waals surface area contributed by atoms with Crippen LogP contribution in [0.5, 0.6) is 0 Å². The van der Waals surface area contributed by atoms with Crippen LogP contribution >= 0.6 is 0 Å². The van der Waals surface area contributed by atoms with Crippen LogP contribution in [-0.2, 0) is 54.5 Å². The van der Waals surface area contributed by atoms with Crippen molar-refractivity contribution in [3.8, 4) is 6.07 Å². The number of aryl methyl sites for hydroxylation is 3. The molecule has 0 fully saturated rings. The number of nitriles is 1. The van der Waals surface area contributed by atoms with Gasteiger partial charge in [0.2, 0.25) is 6.33 Å². The summed E-state index contributed by atoms with van der Waals surface area (Å²) < 4.78 is 17.6. The van der Waals surface area contributed by atoms with E-state index in [9.17, 15) is 24.3 Å². The molecule has 0 N–H and O–H groups in total. The molecule has 2 heterocycles. The summed E-state index contributed by atoms with van der Waals surface area (Å²) in [6.45, 7) is 1.43. The summed E-state index contributed by atoms with van der Waals surface area (Å²) in [6, 6.07) is 1.75. The van der Waals surface area contributed by atoms with Gasteiger partial charge in [-0.1, -0.05) is 0 Å². The number of hydrogen-bond acceptors (Lipinski definition) is 10. The van der Waals surface area contributed by atoms with Crippen LogP contribution in [-0.4, -0.2) is 59.3 Å². The van der Waals surface area contributed by atoms with Crippen LogP contribution in [0.15, 0.2) is 37.4 Å². The first-order valence-electron chi connectivity index (χ1n) is 8.16. The zero-order valence-electron chi connectivity index (χ0n) is 18.5. The first kappa shape index (κ1) is 31.5. The number of carboxylic acids is 1. The van der Waals surface area contributed by atoms with E-state index in [0.29, 0.717) is 0 Å². The number of esters is 3. The first-order chi connectivity index (χ1) is 14.5. The predicted molar refractivity (Wildman–Crippen MR) is 102 cm³/mol. The molecule has 2 aromatic heterocycles. The van der Waals surface area contributed by atoms with Crippen LogP contribution in [0, 0.1) is 11.3 Å². The number of aromatic nitrogens is 4. The molecular weight excluding hydrogens is 414 g/mol. The third-order valence-electron chi connectivity index (χ3n) is 2.43. The van der Waals surface area contributed by atoms with E-state index in [0.717, 1.165) is 21.3 Å². The fourth-order valence-corrected chi connectivity index (χ4v) is 1.15. The van der Waals surface area contributed by atoms with Gasteiger partial charge in [-0.05, 0) is 0 Å². The zero-order chi connectivity index (χ0) is 24.8. The highest BCUT2D eigenvalue weighted by atomic mass is 16.6. The van der Waals surface area contributed by atoms with E-state index >= 15 is 0 Å². The molecule has 0 aliphatic heterocycles. The van der Waals surface area contributed by atoms with E-state index in [1.165, 1.54) is 6.92 Å². The van der Waals surface area contributed by atoms with Gasteiger partial charge in [-0.3, -0.25) is 0 Å². The average Bonchev–Trinajstić information content (AvgIpc) is 3.38. The summed E-state index contributed by atoms with van der Waals surface area (Å²) in [5.74, 6) is -5.12. The Morgan fingerprint density at radius 2 is 1.42 bits per heavy atom. The third-order valence-corrected chi connectivity index (χ3v) is 2.43. The van der Waals surface area contributed by atoms with Crippen LogP contribution < -0.4 is 9.67 Å². The summed E-state index contributed by atoms with van der Waals surface area (Å²) in [4.78, 5) is 42.8. The first-order valence-corrected chi connectivity index (χ1v) is 8.16. The number of imidazole rings is 2. The SMILES string of the molecule is CC#N.COC(=O)C(=O)OC.COC(=O)C(=O)[O-].Cn1cc[n+](C)c1.Cn1ccnc1. The standard InChI is InChI=1S/C5H9N2.C4H6N2.C4H6O4.C3H4O4.C2H3N/c1-6-3-4-7(2)5-6;1-6-3-2-5-4-6;1-7-3(5)4(6)8-2;1-7-3(6)2(4)5;1-2-3/h3-5H,1-2H3;2-4H,1H3;1-2H3;1H3,(H,4,5);1H3/q+1;;;;/p-1. The van der Waals surface area contributed by atoms with Gasteiger partial charge in [-0.15, -0.1) is 0 Å². The molecule has 13 heteroatoms. The number of nitrogens with zero attached hydrogens (tertiary/aromatic N) is 5. The molecule has 172 valence electrons. The normalized spacial score (nSPS) is 7.81. The maximum atomic E-state index is 10.0. The highest BCUT2D eigenvalue weighted by Gasteiger charge is 2.11. The summed E-state index contributed by atoms with van der Waals surface area (Å²) in [7, 11) is 9.13. The number of hydrogen-bond donors (Lipinski definition) is 0. The van der Waals surface area contributed by atoms with Crippen LogP contribution in [0.1, 0.15) is 6.92 Å².